The maximum atomic E-state index is 6.64. The minimum atomic E-state index is 0.0716. The van der Waals surface area contributed by atoms with Crippen LogP contribution in [0.2, 0.25) is 0 Å². The molecule has 0 aliphatic heterocycles. The van der Waals surface area contributed by atoms with Crippen LogP contribution < -0.4 is 9.47 Å². The van der Waals surface area contributed by atoms with Crippen molar-refractivity contribution in [2.45, 2.75) is 31.6 Å². The van der Waals surface area contributed by atoms with Crippen LogP contribution in [-0.4, -0.2) is 14.2 Å². The first-order valence-electron chi connectivity index (χ1n) is 6.53. The second kappa shape index (κ2) is 5.83. The topological polar surface area (TPSA) is 18.5 Å². The molecule has 0 bridgehead atoms. The maximum Gasteiger partial charge on any atom is 0.161 e. The van der Waals surface area contributed by atoms with E-state index in [9.17, 15) is 0 Å². The zero-order valence-electron chi connectivity index (χ0n) is 11.3. The van der Waals surface area contributed by atoms with Gasteiger partial charge in [0.25, 0.3) is 0 Å². The molecule has 1 fully saturated rings. The molecule has 1 aliphatic rings. The van der Waals surface area contributed by atoms with E-state index in [0.717, 1.165) is 17.1 Å². The largest absolute Gasteiger partial charge is 0.493 e. The van der Waals surface area contributed by atoms with E-state index in [-0.39, 0.29) is 5.38 Å². The Kier molecular flexibility index (Phi) is 4.39. The SMILES string of the molecule is COc1ccc(C(Cl)C2CCCC2C)cc1OC. The Morgan fingerprint density at radius 3 is 2.44 bits per heavy atom. The van der Waals surface area contributed by atoms with Gasteiger partial charge >= 0.3 is 0 Å². The number of methoxy groups -OCH3 is 2. The van der Waals surface area contributed by atoms with Crippen molar-refractivity contribution in [2.24, 2.45) is 11.8 Å². The molecule has 2 rings (SSSR count). The van der Waals surface area contributed by atoms with Gasteiger partial charge in [0.05, 0.1) is 19.6 Å². The summed E-state index contributed by atoms with van der Waals surface area (Å²) in [6.45, 7) is 2.30. The first-order valence-corrected chi connectivity index (χ1v) is 6.97. The van der Waals surface area contributed by atoms with Crippen LogP contribution in [0.1, 0.15) is 37.1 Å². The van der Waals surface area contributed by atoms with Gasteiger partial charge in [-0.2, -0.15) is 0 Å². The van der Waals surface area contributed by atoms with Gasteiger partial charge in [-0.15, -0.1) is 11.6 Å². The summed E-state index contributed by atoms with van der Waals surface area (Å²) in [7, 11) is 3.30. The Balaban J connectivity index is 2.22. The fraction of sp³-hybridized carbons (Fsp3) is 0.600. The molecule has 0 aromatic heterocycles. The van der Waals surface area contributed by atoms with Crippen LogP contribution >= 0.6 is 11.6 Å². The molecule has 3 unspecified atom stereocenters. The van der Waals surface area contributed by atoms with Gasteiger partial charge in [0.2, 0.25) is 0 Å². The third-order valence-corrected chi connectivity index (χ3v) is 4.61. The van der Waals surface area contributed by atoms with Gasteiger partial charge in [0.1, 0.15) is 0 Å². The van der Waals surface area contributed by atoms with Gasteiger partial charge in [0.15, 0.2) is 11.5 Å². The van der Waals surface area contributed by atoms with E-state index in [0.29, 0.717) is 11.8 Å². The highest BCUT2D eigenvalue weighted by Gasteiger charge is 2.30. The number of rotatable bonds is 4. The van der Waals surface area contributed by atoms with Crippen LogP contribution in [0.25, 0.3) is 0 Å². The molecule has 1 aromatic rings. The second-order valence-electron chi connectivity index (χ2n) is 5.09. The van der Waals surface area contributed by atoms with Crippen molar-refractivity contribution in [1.29, 1.82) is 0 Å². The Morgan fingerprint density at radius 1 is 1.17 bits per heavy atom. The lowest BCUT2D eigenvalue weighted by Crippen LogP contribution is -2.11. The number of benzene rings is 1. The molecule has 2 nitrogen and oxygen atoms in total. The molecule has 0 N–H and O–H groups in total. The molecule has 3 heteroatoms. The highest BCUT2D eigenvalue weighted by Crippen LogP contribution is 2.44. The molecular weight excluding hydrogens is 248 g/mol. The van der Waals surface area contributed by atoms with E-state index in [1.165, 1.54) is 19.3 Å². The summed E-state index contributed by atoms with van der Waals surface area (Å²) < 4.78 is 10.6. The number of hydrogen-bond acceptors (Lipinski definition) is 2. The van der Waals surface area contributed by atoms with Crippen molar-refractivity contribution >= 4 is 11.6 Å². The molecule has 0 radical (unpaired) electrons. The Labute approximate surface area is 114 Å². The van der Waals surface area contributed by atoms with Crippen molar-refractivity contribution < 1.29 is 9.47 Å². The van der Waals surface area contributed by atoms with Gasteiger partial charge in [-0.3, -0.25) is 0 Å². The Morgan fingerprint density at radius 2 is 1.89 bits per heavy atom. The van der Waals surface area contributed by atoms with Crippen LogP contribution in [0.4, 0.5) is 0 Å². The van der Waals surface area contributed by atoms with Gasteiger partial charge in [-0.05, 0) is 36.0 Å². The molecule has 3 atom stereocenters. The lowest BCUT2D eigenvalue weighted by molar-refractivity contribution is 0.353. The minimum absolute atomic E-state index is 0.0716. The summed E-state index contributed by atoms with van der Waals surface area (Å²) in [5.41, 5.74) is 1.13. The fourth-order valence-electron chi connectivity index (χ4n) is 2.88. The molecule has 0 saturated heterocycles. The van der Waals surface area contributed by atoms with Crippen molar-refractivity contribution in [3.05, 3.63) is 23.8 Å². The first-order chi connectivity index (χ1) is 8.67. The normalized spacial score (nSPS) is 24.9. The molecule has 100 valence electrons. The quantitative estimate of drug-likeness (QED) is 0.753. The third kappa shape index (κ3) is 2.59. The van der Waals surface area contributed by atoms with Crippen LogP contribution in [0.5, 0.6) is 11.5 Å². The van der Waals surface area contributed by atoms with Crippen LogP contribution in [0.3, 0.4) is 0 Å². The van der Waals surface area contributed by atoms with Crippen LogP contribution in [-0.2, 0) is 0 Å². The van der Waals surface area contributed by atoms with Crippen molar-refractivity contribution in [2.75, 3.05) is 14.2 Å². The molecule has 0 amide bonds. The summed E-state index contributed by atoms with van der Waals surface area (Å²) in [6.07, 6.45) is 3.81. The summed E-state index contributed by atoms with van der Waals surface area (Å²) in [4.78, 5) is 0. The standard InChI is InChI=1S/C15H21ClO2/c1-10-5-4-6-12(10)15(16)11-7-8-13(17-2)14(9-11)18-3/h7-10,12,15H,4-6H2,1-3H3. The Bertz CT molecular complexity index is 405. The monoisotopic (exact) mass is 268 g/mol. The summed E-state index contributed by atoms with van der Waals surface area (Å²) in [5, 5.41) is 0.0716. The molecular formula is C15H21ClO2. The van der Waals surface area contributed by atoms with Gasteiger partial charge in [0, 0.05) is 0 Å². The second-order valence-corrected chi connectivity index (χ2v) is 5.56. The molecule has 0 heterocycles. The number of halogens is 1. The van der Waals surface area contributed by atoms with Crippen molar-refractivity contribution in [3.63, 3.8) is 0 Å². The van der Waals surface area contributed by atoms with Gasteiger partial charge in [-0.1, -0.05) is 25.8 Å². The zero-order valence-corrected chi connectivity index (χ0v) is 12.0. The van der Waals surface area contributed by atoms with E-state index < -0.39 is 0 Å². The first kappa shape index (κ1) is 13.5. The average molecular weight is 269 g/mol. The smallest absolute Gasteiger partial charge is 0.161 e. The van der Waals surface area contributed by atoms with E-state index in [4.69, 9.17) is 21.1 Å². The number of alkyl halides is 1. The van der Waals surface area contributed by atoms with Gasteiger partial charge < -0.3 is 9.47 Å². The van der Waals surface area contributed by atoms with E-state index >= 15 is 0 Å². The van der Waals surface area contributed by atoms with Gasteiger partial charge in [-0.25, -0.2) is 0 Å². The van der Waals surface area contributed by atoms with E-state index in [1.807, 2.05) is 18.2 Å². The summed E-state index contributed by atoms with van der Waals surface area (Å²) >= 11 is 6.64. The number of hydrogen-bond donors (Lipinski definition) is 0. The summed E-state index contributed by atoms with van der Waals surface area (Å²) in [6, 6.07) is 5.98. The number of ether oxygens (including phenoxy) is 2. The lowest BCUT2D eigenvalue weighted by Gasteiger charge is -2.22. The lowest BCUT2D eigenvalue weighted by atomic mass is 9.90. The Hall–Kier alpha value is -0.890. The minimum Gasteiger partial charge on any atom is -0.493 e. The average Bonchev–Trinajstić information content (AvgIpc) is 2.83. The van der Waals surface area contributed by atoms with Crippen LogP contribution in [0, 0.1) is 11.8 Å². The molecule has 1 aromatic carbocycles. The third-order valence-electron chi connectivity index (χ3n) is 4.03. The van der Waals surface area contributed by atoms with E-state index in [1.54, 1.807) is 14.2 Å². The molecule has 1 saturated carbocycles. The zero-order chi connectivity index (χ0) is 13.1. The summed E-state index contributed by atoms with van der Waals surface area (Å²) in [5.74, 6) is 2.79. The van der Waals surface area contributed by atoms with E-state index in [2.05, 4.69) is 6.92 Å². The highest BCUT2D eigenvalue weighted by atomic mass is 35.5. The van der Waals surface area contributed by atoms with Crippen molar-refractivity contribution in [3.8, 4) is 11.5 Å². The predicted octanol–water partition coefficient (Wildman–Crippen LogP) is 4.42. The fourth-order valence-corrected chi connectivity index (χ4v) is 3.39. The molecule has 1 aliphatic carbocycles. The predicted molar refractivity (Wildman–Crippen MR) is 74.6 cm³/mol. The van der Waals surface area contributed by atoms with Crippen molar-refractivity contribution in [1.82, 2.24) is 0 Å². The molecule has 18 heavy (non-hydrogen) atoms. The molecule has 0 spiro atoms. The maximum absolute atomic E-state index is 6.64. The van der Waals surface area contributed by atoms with Crippen LogP contribution in [0.15, 0.2) is 18.2 Å². The highest BCUT2D eigenvalue weighted by molar-refractivity contribution is 6.21.